The van der Waals surface area contributed by atoms with Gasteiger partial charge in [-0.15, -0.1) is 0 Å². The van der Waals surface area contributed by atoms with Crippen LogP contribution in [0.3, 0.4) is 0 Å². The number of nitrogens with one attached hydrogen (secondary N) is 1. The molecular formula is C24H22N6O2. The van der Waals surface area contributed by atoms with Gasteiger partial charge in [-0.3, -0.25) is 9.36 Å². The number of ether oxygens (including phenoxy) is 1. The minimum atomic E-state index is -0.181. The quantitative estimate of drug-likeness (QED) is 0.460. The van der Waals surface area contributed by atoms with Gasteiger partial charge in [-0.05, 0) is 43.3 Å². The molecule has 160 valence electrons. The Bertz CT molecular complexity index is 1500. The lowest BCUT2D eigenvalue weighted by Gasteiger charge is -2.13. The highest BCUT2D eigenvalue weighted by Gasteiger charge is 2.17. The molecule has 0 saturated carbocycles. The highest BCUT2D eigenvalue weighted by atomic mass is 16.5. The summed E-state index contributed by atoms with van der Waals surface area (Å²) in [6, 6.07) is 13.2. The SMILES string of the molecule is CCOc1ccc2cn(-c3ccc4ncn(C)c4c3)c(=O)c(-c3ccc(NC)nc3)c2n1. The van der Waals surface area contributed by atoms with Crippen LogP contribution < -0.4 is 15.6 Å². The van der Waals surface area contributed by atoms with E-state index in [1.54, 1.807) is 24.1 Å². The van der Waals surface area contributed by atoms with Crippen LogP contribution in [0.1, 0.15) is 6.92 Å². The van der Waals surface area contributed by atoms with Crippen molar-refractivity contribution in [1.29, 1.82) is 0 Å². The molecule has 1 N–H and O–H groups in total. The molecule has 8 nitrogen and oxygen atoms in total. The second-order valence-corrected chi connectivity index (χ2v) is 7.41. The molecule has 4 heterocycles. The molecule has 0 unspecified atom stereocenters. The molecule has 1 aromatic carbocycles. The molecule has 5 aromatic rings. The molecule has 8 heteroatoms. The Hall–Kier alpha value is -4.20. The summed E-state index contributed by atoms with van der Waals surface area (Å²) in [5.41, 5.74) is 4.14. The summed E-state index contributed by atoms with van der Waals surface area (Å²) < 4.78 is 9.18. The topological polar surface area (TPSA) is 86.9 Å². The highest BCUT2D eigenvalue weighted by Crippen LogP contribution is 2.28. The summed E-state index contributed by atoms with van der Waals surface area (Å²) in [5, 5.41) is 3.83. The number of imidazole rings is 1. The lowest BCUT2D eigenvalue weighted by Crippen LogP contribution is -2.20. The first-order valence-electron chi connectivity index (χ1n) is 10.3. The van der Waals surface area contributed by atoms with Crippen molar-refractivity contribution < 1.29 is 4.74 Å². The van der Waals surface area contributed by atoms with E-state index < -0.39 is 0 Å². The van der Waals surface area contributed by atoms with Crippen molar-refractivity contribution in [3.05, 3.63) is 71.5 Å². The van der Waals surface area contributed by atoms with Gasteiger partial charge in [-0.2, -0.15) is 0 Å². The van der Waals surface area contributed by atoms with Gasteiger partial charge in [0, 0.05) is 43.5 Å². The van der Waals surface area contributed by atoms with Crippen molar-refractivity contribution in [2.75, 3.05) is 19.0 Å². The van der Waals surface area contributed by atoms with Crippen LogP contribution in [0.15, 0.2) is 66.0 Å². The Labute approximate surface area is 184 Å². The number of aryl methyl sites for hydroxylation is 1. The molecule has 0 spiro atoms. The number of nitrogens with zero attached hydrogens (tertiary/aromatic N) is 5. The van der Waals surface area contributed by atoms with Crippen LogP contribution in [0, 0.1) is 0 Å². The van der Waals surface area contributed by atoms with E-state index in [2.05, 4.69) is 20.3 Å². The van der Waals surface area contributed by atoms with Crippen LogP contribution in [0.2, 0.25) is 0 Å². The van der Waals surface area contributed by atoms with Crippen LogP contribution in [-0.4, -0.2) is 37.7 Å². The Kier molecular flexibility index (Phi) is 4.82. The van der Waals surface area contributed by atoms with E-state index in [4.69, 9.17) is 4.74 Å². The minimum Gasteiger partial charge on any atom is -0.478 e. The Morgan fingerprint density at radius 1 is 1.09 bits per heavy atom. The molecule has 32 heavy (non-hydrogen) atoms. The fourth-order valence-electron chi connectivity index (χ4n) is 3.81. The molecule has 0 saturated heterocycles. The van der Waals surface area contributed by atoms with Gasteiger partial charge in [0.1, 0.15) is 5.82 Å². The van der Waals surface area contributed by atoms with Crippen LogP contribution in [0.25, 0.3) is 38.8 Å². The van der Waals surface area contributed by atoms with Gasteiger partial charge < -0.3 is 14.6 Å². The normalized spacial score (nSPS) is 11.2. The molecule has 0 radical (unpaired) electrons. The van der Waals surface area contributed by atoms with Gasteiger partial charge in [0.25, 0.3) is 5.56 Å². The van der Waals surface area contributed by atoms with Crippen molar-refractivity contribution in [3.63, 3.8) is 0 Å². The minimum absolute atomic E-state index is 0.181. The average Bonchev–Trinajstić information content (AvgIpc) is 3.19. The average molecular weight is 426 g/mol. The zero-order valence-corrected chi connectivity index (χ0v) is 18.0. The van der Waals surface area contributed by atoms with E-state index in [1.165, 1.54) is 0 Å². The van der Waals surface area contributed by atoms with Gasteiger partial charge in [-0.1, -0.05) is 0 Å². The van der Waals surface area contributed by atoms with Crippen LogP contribution >= 0.6 is 0 Å². The van der Waals surface area contributed by atoms with Crippen molar-refractivity contribution in [3.8, 4) is 22.7 Å². The van der Waals surface area contributed by atoms with Crippen molar-refractivity contribution in [2.24, 2.45) is 7.05 Å². The largest absolute Gasteiger partial charge is 0.478 e. The van der Waals surface area contributed by atoms with E-state index in [0.717, 1.165) is 27.9 Å². The Morgan fingerprint density at radius 3 is 2.72 bits per heavy atom. The molecule has 0 fully saturated rings. The van der Waals surface area contributed by atoms with Crippen molar-refractivity contribution in [2.45, 2.75) is 6.92 Å². The summed E-state index contributed by atoms with van der Waals surface area (Å²) in [7, 11) is 3.74. The molecule has 5 rings (SSSR count). The van der Waals surface area contributed by atoms with Gasteiger partial charge in [-0.25, -0.2) is 15.0 Å². The fraction of sp³-hybridized carbons (Fsp3) is 0.167. The fourth-order valence-corrected chi connectivity index (χ4v) is 3.81. The number of hydrogen-bond acceptors (Lipinski definition) is 6. The molecule has 0 amide bonds. The summed E-state index contributed by atoms with van der Waals surface area (Å²) in [4.78, 5) is 27.2. The van der Waals surface area contributed by atoms with Crippen LogP contribution in [0.4, 0.5) is 5.82 Å². The van der Waals surface area contributed by atoms with E-state index >= 15 is 0 Å². The number of benzene rings is 1. The smallest absolute Gasteiger partial charge is 0.265 e. The van der Waals surface area contributed by atoms with E-state index in [9.17, 15) is 4.79 Å². The highest BCUT2D eigenvalue weighted by molar-refractivity contribution is 5.93. The lowest BCUT2D eigenvalue weighted by atomic mass is 10.1. The van der Waals surface area contributed by atoms with Gasteiger partial charge >= 0.3 is 0 Å². The third kappa shape index (κ3) is 3.26. The number of pyridine rings is 3. The van der Waals surface area contributed by atoms with Crippen molar-refractivity contribution >= 4 is 27.8 Å². The molecule has 0 atom stereocenters. The maximum Gasteiger partial charge on any atom is 0.265 e. The zero-order chi connectivity index (χ0) is 22.2. The first kappa shape index (κ1) is 19.7. The maximum atomic E-state index is 13.8. The Morgan fingerprint density at radius 2 is 1.97 bits per heavy atom. The third-order valence-corrected chi connectivity index (χ3v) is 5.43. The summed E-state index contributed by atoms with van der Waals surface area (Å²) >= 11 is 0. The van der Waals surface area contributed by atoms with Gasteiger partial charge in [0.2, 0.25) is 5.88 Å². The van der Waals surface area contributed by atoms with Crippen LogP contribution in [0.5, 0.6) is 5.88 Å². The second kappa shape index (κ2) is 7.81. The number of rotatable bonds is 5. The first-order valence-corrected chi connectivity index (χ1v) is 10.3. The summed E-state index contributed by atoms with van der Waals surface area (Å²) in [6.07, 6.45) is 5.26. The van der Waals surface area contributed by atoms with E-state index in [1.807, 2.05) is 67.2 Å². The predicted octanol–water partition coefficient (Wildman–Crippen LogP) is 3.77. The van der Waals surface area contributed by atoms with Crippen molar-refractivity contribution in [1.82, 2.24) is 24.1 Å². The molecule has 0 aliphatic rings. The van der Waals surface area contributed by atoms with E-state index in [0.29, 0.717) is 29.1 Å². The van der Waals surface area contributed by atoms with Gasteiger partial charge in [0.05, 0.1) is 40.7 Å². The predicted molar refractivity (Wildman–Crippen MR) is 126 cm³/mol. The summed E-state index contributed by atoms with van der Waals surface area (Å²) in [5.74, 6) is 1.20. The first-order chi connectivity index (χ1) is 15.6. The third-order valence-electron chi connectivity index (χ3n) is 5.43. The molecular weight excluding hydrogens is 404 g/mol. The lowest BCUT2D eigenvalue weighted by molar-refractivity contribution is 0.328. The molecule has 0 aliphatic heterocycles. The number of aromatic nitrogens is 5. The monoisotopic (exact) mass is 426 g/mol. The standard InChI is InChI=1S/C24H22N6O2/c1-4-32-21-10-6-16-13-30(17-7-8-18-19(11-17)29(3)14-27-18)24(31)22(23(16)28-21)15-5-9-20(25-2)26-12-15/h5-14H,4H2,1-3H3,(H,25,26). The molecule has 0 aliphatic carbocycles. The Balaban J connectivity index is 1.80. The molecule has 0 bridgehead atoms. The second-order valence-electron chi connectivity index (χ2n) is 7.41. The van der Waals surface area contributed by atoms with Crippen LogP contribution in [-0.2, 0) is 7.05 Å². The zero-order valence-electron chi connectivity index (χ0n) is 18.0. The maximum absolute atomic E-state index is 13.8. The molecule has 4 aromatic heterocycles. The summed E-state index contributed by atoms with van der Waals surface area (Å²) in [6.45, 7) is 2.40. The number of hydrogen-bond donors (Lipinski definition) is 1. The van der Waals surface area contributed by atoms with Gasteiger partial charge in [0.15, 0.2) is 0 Å². The number of fused-ring (bicyclic) bond motifs is 2. The number of anilines is 1. The van der Waals surface area contributed by atoms with E-state index in [-0.39, 0.29) is 5.56 Å².